The zero-order valence-electron chi connectivity index (χ0n) is 22.3. The number of carbonyl (C=O) groups is 2. The molecule has 206 valence electrons. The Balaban J connectivity index is 1.52. The molecule has 2 aliphatic heterocycles. The van der Waals surface area contributed by atoms with Gasteiger partial charge in [-0.25, -0.2) is 0 Å². The normalized spacial score (nSPS) is 26.8. The monoisotopic (exact) mass is 525 g/mol. The van der Waals surface area contributed by atoms with Crippen molar-refractivity contribution in [3.63, 3.8) is 0 Å². The van der Waals surface area contributed by atoms with Crippen LogP contribution in [0, 0.1) is 0 Å². The summed E-state index contributed by atoms with van der Waals surface area (Å²) in [5.74, 6) is -0.603. The van der Waals surface area contributed by atoms with Crippen LogP contribution in [0.15, 0.2) is 60.7 Å². The molecule has 0 radical (unpaired) electrons. The first-order chi connectivity index (χ1) is 18.5. The average Bonchev–Trinajstić information content (AvgIpc) is 2.93. The van der Waals surface area contributed by atoms with E-state index in [2.05, 4.69) is 12.2 Å². The van der Waals surface area contributed by atoms with Crippen LogP contribution < -0.4 is 5.32 Å². The molecule has 0 spiro atoms. The van der Waals surface area contributed by atoms with Crippen LogP contribution in [0.25, 0.3) is 0 Å². The molecule has 0 aliphatic carbocycles. The Bertz CT molecular complexity index is 1000. The number of amides is 1. The van der Waals surface area contributed by atoms with Crippen molar-refractivity contribution in [2.75, 3.05) is 6.61 Å². The molecule has 0 saturated carbocycles. The predicted octanol–water partition coefficient (Wildman–Crippen LogP) is 4.82. The smallest absolute Gasteiger partial charge is 0.306 e. The summed E-state index contributed by atoms with van der Waals surface area (Å²) in [5.41, 5.74) is 1.81. The largest absolute Gasteiger partial charge is 0.457 e. The fourth-order valence-electron chi connectivity index (χ4n) is 4.86. The second kappa shape index (κ2) is 14.4. The van der Waals surface area contributed by atoms with Gasteiger partial charge < -0.3 is 29.0 Å². The molecule has 8 heteroatoms. The van der Waals surface area contributed by atoms with Gasteiger partial charge in [0, 0.05) is 18.9 Å². The lowest BCUT2D eigenvalue weighted by Gasteiger charge is -2.48. The molecule has 2 aliphatic rings. The lowest BCUT2D eigenvalue weighted by molar-refractivity contribution is -0.346. The van der Waals surface area contributed by atoms with Crippen molar-refractivity contribution in [2.24, 2.45) is 0 Å². The third kappa shape index (κ3) is 7.86. The van der Waals surface area contributed by atoms with Crippen LogP contribution in [0.5, 0.6) is 0 Å². The molecule has 2 aromatic rings. The van der Waals surface area contributed by atoms with Crippen LogP contribution in [0.4, 0.5) is 0 Å². The lowest BCUT2D eigenvalue weighted by Crippen LogP contribution is -2.67. The van der Waals surface area contributed by atoms with Crippen molar-refractivity contribution in [3.05, 3.63) is 71.8 Å². The maximum atomic E-state index is 13.0. The van der Waals surface area contributed by atoms with Gasteiger partial charge in [-0.3, -0.25) is 9.59 Å². The summed E-state index contributed by atoms with van der Waals surface area (Å²) < 4.78 is 30.8. The van der Waals surface area contributed by atoms with E-state index in [1.54, 1.807) is 0 Å². The highest BCUT2D eigenvalue weighted by Gasteiger charge is 2.52. The van der Waals surface area contributed by atoms with Gasteiger partial charge in [-0.2, -0.15) is 0 Å². The van der Waals surface area contributed by atoms with Crippen molar-refractivity contribution in [2.45, 2.75) is 95.9 Å². The molecule has 2 heterocycles. The van der Waals surface area contributed by atoms with Gasteiger partial charge in [0.1, 0.15) is 18.2 Å². The summed E-state index contributed by atoms with van der Waals surface area (Å²) in [6.45, 7) is 4.08. The number of nitrogens with one attached hydrogen (secondary N) is 1. The van der Waals surface area contributed by atoms with Gasteiger partial charge in [0.25, 0.3) is 0 Å². The molecule has 4 rings (SSSR count). The quantitative estimate of drug-likeness (QED) is 0.314. The van der Waals surface area contributed by atoms with Crippen LogP contribution >= 0.6 is 0 Å². The van der Waals surface area contributed by atoms with Crippen molar-refractivity contribution in [1.29, 1.82) is 0 Å². The Hall–Kier alpha value is -2.78. The van der Waals surface area contributed by atoms with E-state index in [-0.39, 0.29) is 25.1 Å². The van der Waals surface area contributed by atoms with Gasteiger partial charge in [0.05, 0.1) is 13.2 Å². The maximum absolute atomic E-state index is 13.0. The minimum atomic E-state index is -0.858. The first-order valence-corrected chi connectivity index (χ1v) is 13.6. The fraction of sp³-hybridized carbons (Fsp3) is 0.533. The van der Waals surface area contributed by atoms with E-state index in [1.807, 2.05) is 60.7 Å². The SMILES string of the molecule is CCCCCCCC(=O)O[C@H]1[C@H](NC(C)=O)[C@H](OCc2ccccc2)O[C@@H]2CO[C@H](c3ccccc3)O[C@@H]12. The molecule has 8 nitrogen and oxygen atoms in total. The molecule has 2 aromatic carbocycles. The van der Waals surface area contributed by atoms with Crippen molar-refractivity contribution < 1.29 is 33.3 Å². The molecular weight excluding hydrogens is 486 g/mol. The summed E-state index contributed by atoms with van der Waals surface area (Å²) >= 11 is 0. The summed E-state index contributed by atoms with van der Waals surface area (Å²) in [5, 5.41) is 2.91. The maximum Gasteiger partial charge on any atom is 0.306 e. The van der Waals surface area contributed by atoms with Crippen LogP contribution in [-0.2, 0) is 39.9 Å². The lowest BCUT2D eigenvalue weighted by atomic mass is 9.95. The molecule has 1 N–H and O–H groups in total. The molecule has 6 atom stereocenters. The van der Waals surface area contributed by atoms with Gasteiger partial charge in [0.15, 0.2) is 18.7 Å². The summed E-state index contributed by atoms with van der Waals surface area (Å²) in [6.07, 6.45) is 1.92. The van der Waals surface area contributed by atoms with Gasteiger partial charge in [-0.15, -0.1) is 0 Å². The Kier molecular flexibility index (Phi) is 10.7. The molecule has 0 aromatic heterocycles. The Morgan fingerprint density at radius 1 is 0.947 bits per heavy atom. The number of benzene rings is 2. The third-order valence-corrected chi connectivity index (χ3v) is 6.79. The summed E-state index contributed by atoms with van der Waals surface area (Å²) in [6, 6.07) is 18.5. The number of hydrogen-bond acceptors (Lipinski definition) is 7. The van der Waals surface area contributed by atoms with Gasteiger partial charge in [0.2, 0.25) is 5.91 Å². The Morgan fingerprint density at radius 3 is 2.37 bits per heavy atom. The highest BCUT2D eigenvalue weighted by atomic mass is 16.8. The predicted molar refractivity (Wildman–Crippen MR) is 141 cm³/mol. The van der Waals surface area contributed by atoms with Crippen molar-refractivity contribution in [1.82, 2.24) is 5.32 Å². The van der Waals surface area contributed by atoms with Crippen LogP contribution in [0.3, 0.4) is 0 Å². The number of rotatable bonds is 12. The first kappa shape index (κ1) is 28.2. The third-order valence-electron chi connectivity index (χ3n) is 6.79. The molecule has 38 heavy (non-hydrogen) atoms. The molecular formula is C30H39NO7. The zero-order chi connectivity index (χ0) is 26.7. The van der Waals surface area contributed by atoms with Gasteiger partial charge >= 0.3 is 5.97 Å². The topological polar surface area (TPSA) is 92.3 Å². The van der Waals surface area contributed by atoms with Crippen molar-refractivity contribution >= 4 is 11.9 Å². The molecule has 1 amide bonds. The van der Waals surface area contributed by atoms with E-state index in [9.17, 15) is 9.59 Å². The summed E-state index contributed by atoms with van der Waals surface area (Å²) in [7, 11) is 0. The fourth-order valence-corrected chi connectivity index (χ4v) is 4.86. The van der Waals surface area contributed by atoms with Gasteiger partial charge in [-0.1, -0.05) is 93.3 Å². The average molecular weight is 526 g/mol. The number of esters is 1. The number of fused-ring (bicyclic) bond motifs is 1. The molecule has 2 saturated heterocycles. The highest BCUT2D eigenvalue weighted by Crippen LogP contribution is 2.36. The number of hydrogen-bond donors (Lipinski definition) is 1. The number of unbranched alkanes of at least 4 members (excludes halogenated alkanes) is 4. The van der Waals surface area contributed by atoms with E-state index in [1.165, 1.54) is 6.92 Å². The van der Waals surface area contributed by atoms with Crippen LogP contribution in [0.1, 0.15) is 69.8 Å². The Labute approximate surface area is 224 Å². The Morgan fingerprint density at radius 2 is 1.66 bits per heavy atom. The minimum absolute atomic E-state index is 0.229. The van der Waals surface area contributed by atoms with E-state index in [0.717, 1.165) is 43.2 Å². The van der Waals surface area contributed by atoms with Gasteiger partial charge in [-0.05, 0) is 12.0 Å². The van der Waals surface area contributed by atoms with E-state index < -0.39 is 36.9 Å². The highest BCUT2D eigenvalue weighted by molar-refractivity contribution is 5.73. The first-order valence-electron chi connectivity index (χ1n) is 13.6. The molecule has 2 fully saturated rings. The van der Waals surface area contributed by atoms with E-state index >= 15 is 0 Å². The number of carbonyl (C=O) groups excluding carboxylic acids is 2. The second-order valence-electron chi connectivity index (χ2n) is 9.86. The molecule has 0 unspecified atom stereocenters. The summed E-state index contributed by atoms with van der Waals surface area (Å²) in [4.78, 5) is 25.2. The van der Waals surface area contributed by atoms with E-state index in [4.69, 9.17) is 23.7 Å². The minimum Gasteiger partial charge on any atom is -0.457 e. The van der Waals surface area contributed by atoms with Crippen LogP contribution in [0.2, 0.25) is 0 Å². The van der Waals surface area contributed by atoms with Crippen molar-refractivity contribution in [3.8, 4) is 0 Å². The zero-order valence-corrected chi connectivity index (χ0v) is 22.3. The van der Waals surface area contributed by atoms with Crippen LogP contribution in [-0.4, -0.2) is 49.1 Å². The molecule has 0 bridgehead atoms. The second-order valence-corrected chi connectivity index (χ2v) is 9.86. The van der Waals surface area contributed by atoms with E-state index in [0.29, 0.717) is 6.42 Å². The standard InChI is InChI=1S/C30H39NO7/c1-3-4-5-6-13-18-25(33)37-28-26(31-21(2)32)30(34-19-22-14-9-7-10-15-22)36-24-20-35-29(38-27(24)28)23-16-11-8-12-17-23/h7-12,14-17,24,26-30H,3-6,13,18-20H2,1-2H3,(H,31,32)/t24-,26+,27-,28+,29+,30-/m1/s1. The number of ether oxygens (including phenoxy) is 5.